The highest BCUT2D eigenvalue weighted by Gasteiger charge is 2.28. The number of aryl methyl sites for hydroxylation is 1. The first-order chi connectivity index (χ1) is 10.2. The van der Waals surface area contributed by atoms with Crippen molar-refractivity contribution >= 4 is 39.3 Å². The Balaban J connectivity index is 1.74. The van der Waals surface area contributed by atoms with Gasteiger partial charge in [-0.3, -0.25) is 4.79 Å². The maximum atomic E-state index is 12.5. The minimum Gasteiger partial charge on any atom is -0.325 e. The van der Waals surface area contributed by atoms with Gasteiger partial charge in [0, 0.05) is 15.1 Å². The van der Waals surface area contributed by atoms with Crippen molar-refractivity contribution in [3.63, 3.8) is 0 Å². The Hall–Kier alpha value is -1.26. The zero-order chi connectivity index (χ0) is 14.8. The molecular weight excluding hydrogens is 346 g/mol. The predicted molar refractivity (Wildman–Crippen MR) is 91.9 cm³/mol. The number of halogens is 1. The molecule has 4 heteroatoms. The van der Waals surface area contributed by atoms with Crippen molar-refractivity contribution < 1.29 is 4.79 Å². The summed E-state index contributed by atoms with van der Waals surface area (Å²) in [5, 5.41) is 3.05. The minimum absolute atomic E-state index is 0.0317. The van der Waals surface area contributed by atoms with Crippen LogP contribution < -0.4 is 5.32 Å². The standard InChI is InChI=1S/C17H16BrNOS/c1-2-11-9-13(18)7-8-14(11)19-17(20)16-10-12-5-3-4-6-15(12)21-16/h3-9,16H,2,10H2,1H3,(H,19,20). The highest BCUT2D eigenvalue weighted by atomic mass is 79.9. The number of rotatable bonds is 3. The molecule has 2 aromatic carbocycles. The van der Waals surface area contributed by atoms with Gasteiger partial charge >= 0.3 is 0 Å². The van der Waals surface area contributed by atoms with Gasteiger partial charge in [0.05, 0.1) is 5.25 Å². The third-order valence-corrected chi connectivity index (χ3v) is 5.46. The Morgan fingerprint density at radius 3 is 2.90 bits per heavy atom. The van der Waals surface area contributed by atoms with E-state index in [2.05, 4.69) is 46.4 Å². The van der Waals surface area contributed by atoms with Crippen LogP contribution in [0.2, 0.25) is 0 Å². The summed E-state index contributed by atoms with van der Waals surface area (Å²) in [6, 6.07) is 14.2. The first kappa shape index (κ1) is 14.7. The van der Waals surface area contributed by atoms with Gasteiger partial charge in [0.25, 0.3) is 0 Å². The highest BCUT2D eigenvalue weighted by Crippen LogP contribution is 2.37. The third-order valence-electron chi connectivity index (χ3n) is 3.65. The molecule has 1 N–H and O–H groups in total. The lowest BCUT2D eigenvalue weighted by atomic mass is 10.1. The Kier molecular flexibility index (Phi) is 4.36. The molecule has 0 fully saturated rings. The van der Waals surface area contributed by atoms with Crippen molar-refractivity contribution in [1.29, 1.82) is 0 Å². The smallest absolute Gasteiger partial charge is 0.238 e. The molecule has 1 unspecified atom stereocenters. The van der Waals surface area contributed by atoms with Crippen LogP contribution in [0.1, 0.15) is 18.1 Å². The number of carbonyl (C=O) groups is 1. The molecule has 0 aliphatic carbocycles. The molecule has 3 rings (SSSR count). The van der Waals surface area contributed by atoms with Gasteiger partial charge in [-0.05, 0) is 48.2 Å². The van der Waals surface area contributed by atoms with E-state index in [1.54, 1.807) is 11.8 Å². The van der Waals surface area contributed by atoms with Crippen LogP contribution in [-0.2, 0) is 17.6 Å². The van der Waals surface area contributed by atoms with E-state index < -0.39 is 0 Å². The average molecular weight is 362 g/mol. The molecule has 0 saturated heterocycles. The second kappa shape index (κ2) is 6.24. The van der Waals surface area contributed by atoms with Crippen molar-refractivity contribution in [2.75, 3.05) is 5.32 Å². The molecule has 0 radical (unpaired) electrons. The van der Waals surface area contributed by atoms with Gasteiger partial charge in [0.15, 0.2) is 0 Å². The van der Waals surface area contributed by atoms with Gasteiger partial charge in [-0.1, -0.05) is 41.1 Å². The summed E-state index contributed by atoms with van der Waals surface area (Å²) in [5.41, 5.74) is 3.34. The maximum absolute atomic E-state index is 12.5. The Morgan fingerprint density at radius 1 is 1.33 bits per heavy atom. The van der Waals surface area contributed by atoms with Crippen LogP contribution in [0.5, 0.6) is 0 Å². The molecule has 2 aromatic rings. The molecule has 108 valence electrons. The van der Waals surface area contributed by atoms with E-state index in [-0.39, 0.29) is 11.2 Å². The van der Waals surface area contributed by atoms with E-state index in [0.29, 0.717) is 0 Å². The zero-order valence-electron chi connectivity index (χ0n) is 11.7. The fraction of sp³-hybridized carbons (Fsp3) is 0.235. The van der Waals surface area contributed by atoms with E-state index in [4.69, 9.17) is 0 Å². The van der Waals surface area contributed by atoms with Crippen LogP contribution in [0.3, 0.4) is 0 Å². The molecule has 0 spiro atoms. The molecule has 0 saturated carbocycles. The fourth-order valence-corrected chi connectivity index (χ4v) is 4.12. The SMILES string of the molecule is CCc1cc(Br)ccc1NC(=O)C1Cc2ccccc2S1. The van der Waals surface area contributed by atoms with Crippen molar-refractivity contribution in [2.45, 2.75) is 29.9 Å². The summed E-state index contributed by atoms with van der Waals surface area (Å²) < 4.78 is 1.04. The number of thioether (sulfide) groups is 1. The van der Waals surface area contributed by atoms with Crippen molar-refractivity contribution in [1.82, 2.24) is 0 Å². The lowest BCUT2D eigenvalue weighted by Crippen LogP contribution is -2.25. The molecule has 1 aliphatic rings. The number of hydrogen-bond acceptors (Lipinski definition) is 2. The predicted octanol–water partition coefficient (Wildman–Crippen LogP) is 4.67. The molecular formula is C17H16BrNOS. The normalized spacial score (nSPS) is 16.6. The largest absolute Gasteiger partial charge is 0.325 e. The van der Waals surface area contributed by atoms with E-state index in [1.165, 1.54) is 10.5 Å². The summed E-state index contributed by atoms with van der Waals surface area (Å²) in [7, 11) is 0. The molecule has 1 heterocycles. The van der Waals surface area contributed by atoms with Crippen molar-refractivity contribution in [3.8, 4) is 0 Å². The van der Waals surface area contributed by atoms with Crippen LogP contribution in [0.4, 0.5) is 5.69 Å². The summed E-state index contributed by atoms with van der Waals surface area (Å²) in [6.07, 6.45) is 1.71. The van der Waals surface area contributed by atoms with E-state index in [1.807, 2.05) is 24.3 Å². The van der Waals surface area contributed by atoms with Gasteiger partial charge in [-0.15, -0.1) is 11.8 Å². The van der Waals surface area contributed by atoms with Gasteiger partial charge in [0.1, 0.15) is 0 Å². The van der Waals surface area contributed by atoms with Gasteiger partial charge in [0.2, 0.25) is 5.91 Å². The molecule has 1 aliphatic heterocycles. The monoisotopic (exact) mass is 361 g/mol. The number of hydrogen-bond donors (Lipinski definition) is 1. The fourth-order valence-electron chi connectivity index (χ4n) is 2.52. The lowest BCUT2D eigenvalue weighted by Gasteiger charge is -2.13. The molecule has 21 heavy (non-hydrogen) atoms. The van der Waals surface area contributed by atoms with E-state index >= 15 is 0 Å². The topological polar surface area (TPSA) is 29.1 Å². The molecule has 1 atom stereocenters. The number of carbonyl (C=O) groups excluding carboxylic acids is 1. The minimum atomic E-state index is -0.0317. The van der Waals surface area contributed by atoms with Gasteiger partial charge in [-0.2, -0.15) is 0 Å². The van der Waals surface area contributed by atoms with Crippen LogP contribution in [0.25, 0.3) is 0 Å². The van der Waals surface area contributed by atoms with Crippen LogP contribution in [-0.4, -0.2) is 11.2 Å². The summed E-state index contributed by atoms with van der Waals surface area (Å²) in [4.78, 5) is 13.7. The van der Waals surface area contributed by atoms with Gasteiger partial charge < -0.3 is 5.32 Å². The average Bonchev–Trinajstić information content (AvgIpc) is 2.93. The van der Waals surface area contributed by atoms with Crippen molar-refractivity contribution in [2.24, 2.45) is 0 Å². The first-order valence-corrected chi connectivity index (χ1v) is 8.68. The summed E-state index contributed by atoms with van der Waals surface area (Å²) >= 11 is 5.13. The maximum Gasteiger partial charge on any atom is 0.238 e. The van der Waals surface area contributed by atoms with Gasteiger partial charge in [-0.25, -0.2) is 0 Å². The summed E-state index contributed by atoms with van der Waals surface area (Å²) in [6.45, 7) is 2.09. The third kappa shape index (κ3) is 3.16. The highest BCUT2D eigenvalue weighted by molar-refractivity contribution is 9.10. The molecule has 0 bridgehead atoms. The number of anilines is 1. The van der Waals surface area contributed by atoms with Crippen LogP contribution in [0.15, 0.2) is 51.8 Å². The molecule has 2 nitrogen and oxygen atoms in total. The number of amides is 1. The number of fused-ring (bicyclic) bond motifs is 1. The van der Waals surface area contributed by atoms with Crippen LogP contribution in [0, 0.1) is 0 Å². The quantitative estimate of drug-likeness (QED) is 0.860. The second-order valence-electron chi connectivity index (χ2n) is 5.06. The Morgan fingerprint density at radius 2 is 2.14 bits per heavy atom. The second-order valence-corrected chi connectivity index (χ2v) is 7.22. The van der Waals surface area contributed by atoms with E-state index in [0.717, 1.165) is 28.6 Å². The van der Waals surface area contributed by atoms with E-state index in [9.17, 15) is 4.79 Å². The van der Waals surface area contributed by atoms with Crippen LogP contribution >= 0.6 is 27.7 Å². The summed E-state index contributed by atoms with van der Waals surface area (Å²) in [5.74, 6) is 0.0909. The molecule has 0 aromatic heterocycles. The number of benzene rings is 2. The number of nitrogens with one attached hydrogen (secondary N) is 1. The lowest BCUT2D eigenvalue weighted by molar-refractivity contribution is -0.115. The molecule has 1 amide bonds. The zero-order valence-corrected chi connectivity index (χ0v) is 14.1. The Bertz CT molecular complexity index is 661. The van der Waals surface area contributed by atoms with Crippen molar-refractivity contribution in [3.05, 3.63) is 58.1 Å². The Labute approximate surface area is 137 Å². The first-order valence-electron chi connectivity index (χ1n) is 7.01.